The Labute approximate surface area is 196 Å². The zero-order valence-corrected chi connectivity index (χ0v) is 19.7. The number of hydrogen-bond donors (Lipinski definition) is 3. The number of amides is 4. The number of urea groups is 1. The van der Waals surface area contributed by atoms with Gasteiger partial charge in [0.15, 0.2) is 0 Å². The van der Waals surface area contributed by atoms with E-state index in [9.17, 15) is 27.4 Å². The number of rotatable bonds is 5. The van der Waals surface area contributed by atoms with Crippen molar-refractivity contribution >= 4 is 34.1 Å². The van der Waals surface area contributed by atoms with E-state index >= 15 is 0 Å². The van der Waals surface area contributed by atoms with E-state index in [0.29, 0.717) is 43.6 Å². The average Bonchev–Trinajstić information content (AvgIpc) is 2.85. The molecule has 14 heteroatoms. The summed E-state index contributed by atoms with van der Waals surface area (Å²) in [5, 5.41) is 14.2. The number of hydroxylamine groups is 2. The second-order valence-corrected chi connectivity index (χ2v) is 8.61. The minimum absolute atomic E-state index is 0. The first-order valence-electron chi connectivity index (χ1n) is 9.47. The number of nitrogens with one attached hydrogen (secondary N) is 3. The van der Waals surface area contributed by atoms with Crippen molar-refractivity contribution in [2.24, 2.45) is 5.92 Å². The molecule has 2 saturated heterocycles. The van der Waals surface area contributed by atoms with Gasteiger partial charge in [-0.15, -0.1) is 0 Å². The topological polar surface area (TPSA) is 172 Å². The van der Waals surface area contributed by atoms with Gasteiger partial charge in [0.25, 0.3) is 0 Å². The van der Waals surface area contributed by atoms with Crippen molar-refractivity contribution < 1.29 is 61.2 Å². The summed E-state index contributed by atoms with van der Waals surface area (Å²) in [5.41, 5.74) is 0. The number of carbonyl (C=O) groups excluding carboxylic acids is 3. The number of hydrogen-bond acceptors (Lipinski definition) is 8. The van der Waals surface area contributed by atoms with Gasteiger partial charge in [-0.2, -0.15) is 9.35 Å². The van der Waals surface area contributed by atoms with Crippen LogP contribution in [-0.2, 0) is 24.3 Å². The predicted molar refractivity (Wildman–Crippen MR) is 97.0 cm³/mol. The Kier molecular flexibility index (Phi) is 8.27. The predicted octanol–water partition coefficient (Wildman–Crippen LogP) is -3.56. The fourth-order valence-corrected chi connectivity index (χ4v) is 4.62. The molecular weight excluding hydrogens is 429 g/mol. The molecule has 3 aliphatic rings. The number of fused-ring (bicyclic) bond motifs is 2. The first-order valence-corrected chi connectivity index (χ1v) is 10.8. The smallest absolute Gasteiger partial charge is 0.724 e. The Balaban J connectivity index is 0.00000320. The third kappa shape index (κ3) is 5.92. The number of carbonyl (C=O) groups is 3. The van der Waals surface area contributed by atoms with E-state index in [1.54, 1.807) is 0 Å². The van der Waals surface area contributed by atoms with Gasteiger partial charge in [-0.25, -0.2) is 13.2 Å². The van der Waals surface area contributed by atoms with Gasteiger partial charge in [-0.3, -0.25) is 15.0 Å². The molecule has 1 saturated carbocycles. The molecule has 162 valence electrons. The number of amidine groups is 1. The molecular formula is C16H24N5NaO7S. The van der Waals surface area contributed by atoms with Crippen LogP contribution in [0.25, 0.3) is 0 Å². The molecule has 2 atom stereocenters. The monoisotopic (exact) mass is 453 g/mol. The number of nitrogens with zero attached hydrogens (tertiary/aromatic N) is 2. The Morgan fingerprint density at radius 3 is 2.37 bits per heavy atom. The molecule has 0 aromatic heterocycles. The van der Waals surface area contributed by atoms with E-state index in [4.69, 9.17) is 5.41 Å². The zero-order valence-electron chi connectivity index (χ0n) is 16.9. The van der Waals surface area contributed by atoms with Gasteiger partial charge >= 0.3 is 35.6 Å². The summed E-state index contributed by atoms with van der Waals surface area (Å²) < 4.78 is 36.7. The first-order chi connectivity index (χ1) is 13.5. The van der Waals surface area contributed by atoms with Crippen molar-refractivity contribution in [3.63, 3.8) is 0 Å². The molecule has 3 fully saturated rings. The normalized spacial score (nSPS) is 28.5. The SMILES string of the molecule is CC(=O)NC1CCC(C(=O)NC(=N)[C@@H]2CC[C@@H]3CN2C(=O)N3OS(=O)(=O)[O-])CC1.[Na+]. The van der Waals surface area contributed by atoms with Crippen LogP contribution in [-0.4, -0.2) is 71.3 Å². The molecule has 2 heterocycles. The molecule has 0 spiro atoms. The van der Waals surface area contributed by atoms with Gasteiger partial charge < -0.3 is 20.1 Å². The Bertz CT molecular complexity index is 815. The zero-order chi connectivity index (χ0) is 21.3. The van der Waals surface area contributed by atoms with Crippen molar-refractivity contribution in [1.82, 2.24) is 20.6 Å². The van der Waals surface area contributed by atoms with E-state index in [-0.39, 0.29) is 65.7 Å². The second kappa shape index (κ2) is 9.92. The maximum absolute atomic E-state index is 12.5. The molecule has 1 aliphatic carbocycles. The van der Waals surface area contributed by atoms with E-state index in [0.717, 1.165) is 0 Å². The van der Waals surface area contributed by atoms with Gasteiger partial charge in [0.1, 0.15) is 5.84 Å². The van der Waals surface area contributed by atoms with Gasteiger partial charge in [0, 0.05) is 25.4 Å². The minimum Gasteiger partial charge on any atom is -0.724 e. The Morgan fingerprint density at radius 1 is 1.17 bits per heavy atom. The molecule has 0 radical (unpaired) electrons. The second-order valence-electron chi connectivity index (χ2n) is 7.64. The average molecular weight is 453 g/mol. The van der Waals surface area contributed by atoms with Crippen molar-refractivity contribution in [2.45, 2.75) is 63.6 Å². The summed E-state index contributed by atoms with van der Waals surface area (Å²) >= 11 is 0. The molecule has 4 amide bonds. The van der Waals surface area contributed by atoms with Crippen LogP contribution in [0.2, 0.25) is 0 Å². The molecule has 2 bridgehead atoms. The molecule has 0 aromatic rings. The fourth-order valence-electron chi connectivity index (χ4n) is 4.23. The summed E-state index contributed by atoms with van der Waals surface area (Å²) in [7, 11) is -5.08. The molecule has 30 heavy (non-hydrogen) atoms. The summed E-state index contributed by atoms with van der Waals surface area (Å²) in [5.74, 6) is -0.831. The van der Waals surface area contributed by atoms with Crippen LogP contribution in [0.5, 0.6) is 0 Å². The van der Waals surface area contributed by atoms with Crippen molar-refractivity contribution in [3.8, 4) is 0 Å². The third-order valence-corrected chi connectivity index (χ3v) is 5.93. The van der Waals surface area contributed by atoms with Gasteiger partial charge in [0.2, 0.25) is 22.2 Å². The van der Waals surface area contributed by atoms with Gasteiger partial charge in [-0.1, -0.05) is 0 Å². The van der Waals surface area contributed by atoms with E-state index in [1.165, 1.54) is 11.8 Å². The standard InChI is InChI=1S/C16H25N5O7S.Na/c1-9(22)18-11-4-2-10(3-5-11)15(23)19-14(17)13-7-6-12-8-20(13)16(24)21(12)28-29(25,26)27;/h10-13H,2-8H2,1H3,(H,18,22)(H2,17,19,23)(H,25,26,27);/q;+1/p-1/t10?,11?,12-,13+;/m1./s1. The maximum Gasteiger partial charge on any atom is 1.00 e. The first kappa shape index (κ1) is 25.0. The summed E-state index contributed by atoms with van der Waals surface area (Å²) in [6.07, 6.45) is 3.20. The number of piperidine rings is 1. The molecule has 0 unspecified atom stereocenters. The minimum atomic E-state index is -5.08. The maximum atomic E-state index is 12.5. The summed E-state index contributed by atoms with van der Waals surface area (Å²) in [4.78, 5) is 37.2. The van der Waals surface area contributed by atoms with Crippen LogP contribution in [0, 0.1) is 11.3 Å². The van der Waals surface area contributed by atoms with Crippen LogP contribution in [0.1, 0.15) is 45.4 Å². The van der Waals surface area contributed by atoms with Crippen LogP contribution < -0.4 is 40.2 Å². The van der Waals surface area contributed by atoms with Crippen molar-refractivity contribution in [2.75, 3.05) is 6.54 Å². The largest absolute Gasteiger partial charge is 1.00 e. The molecule has 3 N–H and O–H groups in total. The van der Waals surface area contributed by atoms with Crippen LogP contribution in [0.15, 0.2) is 0 Å². The molecule has 12 nitrogen and oxygen atoms in total. The van der Waals surface area contributed by atoms with E-state index in [1.807, 2.05) is 0 Å². The Morgan fingerprint density at radius 2 is 1.80 bits per heavy atom. The molecule has 3 rings (SSSR count). The van der Waals surface area contributed by atoms with Crippen LogP contribution in [0.4, 0.5) is 4.79 Å². The third-order valence-electron chi connectivity index (χ3n) is 5.59. The van der Waals surface area contributed by atoms with Crippen molar-refractivity contribution in [1.29, 1.82) is 5.41 Å². The van der Waals surface area contributed by atoms with Crippen LogP contribution >= 0.6 is 0 Å². The van der Waals surface area contributed by atoms with Gasteiger partial charge in [-0.05, 0) is 38.5 Å². The van der Waals surface area contributed by atoms with Gasteiger partial charge in [0.05, 0.1) is 12.1 Å². The van der Waals surface area contributed by atoms with Crippen molar-refractivity contribution in [3.05, 3.63) is 0 Å². The van der Waals surface area contributed by atoms with E-state index < -0.39 is 28.5 Å². The molecule has 2 aliphatic heterocycles. The fraction of sp³-hybridized carbons (Fsp3) is 0.750. The quantitative estimate of drug-likeness (QED) is 0.127. The summed E-state index contributed by atoms with van der Waals surface area (Å²) in [6, 6.07) is -2.07. The molecule has 0 aromatic carbocycles. The summed E-state index contributed by atoms with van der Waals surface area (Å²) in [6.45, 7) is 1.56. The van der Waals surface area contributed by atoms with E-state index in [2.05, 4.69) is 14.9 Å². The Hall–Kier alpha value is -1.25. The van der Waals surface area contributed by atoms with Crippen LogP contribution in [0.3, 0.4) is 0 Å².